The Morgan fingerprint density at radius 3 is 2.67 bits per heavy atom. The molecule has 0 bridgehead atoms. The third-order valence-corrected chi connectivity index (χ3v) is 4.93. The molecule has 1 saturated heterocycles. The minimum atomic E-state index is -0.333. The maximum atomic E-state index is 13.8. The Bertz CT molecular complexity index is 646. The minimum absolute atomic E-state index is 0.187. The van der Waals surface area contributed by atoms with Gasteiger partial charge in [0.1, 0.15) is 5.82 Å². The average Bonchev–Trinajstić information content (AvgIpc) is 2.50. The first-order valence-electron chi connectivity index (χ1n) is 7.06. The second-order valence-corrected chi connectivity index (χ2v) is 6.76. The van der Waals surface area contributed by atoms with Crippen molar-refractivity contribution < 1.29 is 4.39 Å². The van der Waals surface area contributed by atoms with Crippen LogP contribution in [0.4, 0.5) is 4.39 Å². The van der Waals surface area contributed by atoms with E-state index in [9.17, 15) is 4.39 Å². The van der Waals surface area contributed by atoms with Crippen LogP contribution >= 0.6 is 27.5 Å². The van der Waals surface area contributed by atoms with Gasteiger partial charge < -0.3 is 5.32 Å². The summed E-state index contributed by atoms with van der Waals surface area (Å²) in [6, 6.07) is 13.6. The molecule has 1 N–H and O–H groups in total. The van der Waals surface area contributed by atoms with E-state index < -0.39 is 0 Å². The van der Waals surface area contributed by atoms with Crippen LogP contribution in [0.15, 0.2) is 46.9 Å². The number of hydrogen-bond donors (Lipinski definition) is 1. The molecule has 2 aromatic rings. The van der Waals surface area contributed by atoms with Crippen molar-refractivity contribution in [2.24, 2.45) is 0 Å². The molecule has 21 heavy (non-hydrogen) atoms. The van der Waals surface area contributed by atoms with Gasteiger partial charge in [-0.2, -0.15) is 0 Å². The van der Waals surface area contributed by atoms with Crippen LogP contribution in [-0.2, 0) is 0 Å². The van der Waals surface area contributed by atoms with Crippen molar-refractivity contribution in [2.45, 2.75) is 18.3 Å². The van der Waals surface area contributed by atoms with E-state index in [1.165, 1.54) is 5.56 Å². The highest BCUT2D eigenvalue weighted by molar-refractivity contribution is 9.10. The predicted octanol–water partition coefficient (Wildman–Crippen LogP) is 5.10. The molecule has 2 atom stereocenters. The van der Waals surface area contributed by atoms with Crippen LogP contribution in [0.25, 0.3) is 0 Å². The van der Waals surface area contributed by atoms with Crippen LogP contribution in [0.5, 0.6) is 0 Å². The molecule has 1 nitrogen and oxygen atoms in total. The van der Waals surface area contributed by atoms with E-state index in [1.807, 2.05) is 18.2 Å². The summed E-state index contributed by atoms with van der Waals surface area (Å²) in [6.45, 7) is 1.87. The number of piperidine rings is 1. The van der Waals surface area contributed by atoms with Gasteiger partial charge in [0.15, 0.2) is 0 Å². The fourth-order valence-electron chi connectivity index (χ4n) is 3.09. The van der Waals surface area contributed by atoms with Gasteiger partial charge in [-0.3, -0.25) is 0 Å². The first-order chi connectivity index (χ1) is 10.1. The molecule has 3 rings (SSSR count). The maximum Gasteiger partial charge on any atom is 0.142 e. The second kappa shape index (κ2) is 6.47. The third-order valence-electron chi connectivity index (χ3n) is 4.13. The fraction of sp³-hybridized carbons (Fsp3) is 0.294. The van der Waals surface area contributed by atoms with Crippen LogP contribution in [-0.4, -0.2) is 13.1 Å². The number of rotatable bonds is 2. The number of halogens is 3. The van der Waals surface area contributed by atoms with Crippen LogP contribution in [0, 0.1) is 5.82 Å². The molecule has 0 radical (unpaired) electrons. The molecule has 2 aromatic carbocycles. The van der Waals surface area contributed by atoms with E-state index >= 15 is 0 Å². The van der Waals surface area contributed by atoms with Crippen molar-refractivity contribution in [3.63, 3.8) is 0 Å². The molecule has 1 aliphatic heterocycles. The zero-order chi connectivity index (χ0) is 14.8. The van der Waals surface area contributed by atoms with Crippen LogP contribution < -0.4 is 5.32 Å². The molecule has 110 valence electrons. The number of hydrogen-bond acceptors (Lipinski definition) is 1. The van der Waals surface area contributed by atoms with E-state index in [0.29, 0.717) is 11.8 Å². The summed E-state index contributed by atoms with van der Waals surface area (Å²) in [5, 5.41) is 3.63. The normalized spacial score (nSPS) is 22.2. The van der Waals surface area contributed by atoms with Gasteiger partial charge in [-0.1, -0.05) is 45.7 Å². The Kier molecular flexibility index (Phi) is 4.63. The smallest absolute Gasteiger partial charge is 0.142 e. The van der Waals surface area contributed by atoms with Crippen molar-refractivity contribution in [2.75, 3.05) is 13.1 Å². The summed E-state index contributed by atoms with van der Waals surface area (Å²) >= 11 is 9.33. The van der Waals surface area contributed by atoms with Crippen molar-refractivity contribution >= 4 is 27.5 Å². The number of benzene rings is 2. The molecular weight excluding hydrogens is 353 g/mol. The molecule has 0 aliphatic carbocycles. The van der Waals surface area contributed by atoms with Crippen molar-refractivity contribution in [3.8, 4) is 0 Å². The van der Waals surface area contributed by atoms with Gasteiger partial charge in [0, 0.05) is 16.9 Å². The van der Waals surface area contributed by atoms with Gasteiger partial charge >= 0.3 is 0 Å². The van der Waals surface area contributed by atoms with Gasteiger partial charge in [-0.15, -0.1) is 0 Å². The standard InChI is InChI=1S/C17H16BrClFN/c18-13-3-1-2-11(8-13)15-10-21-7-6-14(15)12-4-5-16(19)17(20)9-12/h1-5,8-9,14-15,21H,6-7,10H2. The molecule has 0 spiro atoms. The molecule has 1 aliphatic rings. The van der Waals surface area contributed by atoms with Gasteiger partial charge in [-0.25, -0.2) is 4.39 Å². The van der Waals surface area contributed by atoms with Crippen molar-refractivity contribution in [1.29, 1.82) is 0 Å². The summed E-state index contributed by atoms with van der Waals surface area (Å²) in [4.78, 5) is 0. The van der Waals surface area contributed by atoms with Crippen LogP contribution in [0.1, 0.15) is 29.4 Å². The zero-order valence-electron chi connectivity index (χ0n) is 11.5. The molecule has 0 amide bonds. The quantitative estimate of drug-likeness (QED) is 0.777. The van der Waals surface area contributed by atoms with Crippen molar-refractivity contribution in [3.05, 3.63) is 68.9 Å². The third kappa shape index (κ3) is 3.31. The first kappa shape index (κ1) is 15.0. The largest absolute Gasteiger partial charge is 0.316 e. The van der Waals surface area contributed by atoms with Crippen molar-refractivity contribution in [1.82, 2.24) is 5.32 Å². The Morgan fingerprint density at radius 1 is 1.10 bits per heavy atom. The van der Waals surface area contributed by atoms with Gasteiger partial charge in [0.05, 0.1) is 5.02 Å². The van der Waals surface area contributed by atoms with Crippen LogP contribution in [0.2, 0.25) is 5.02 Å². The Labute approximate surface area is 137 Å². The number of nitrogens with one attached hydrogen (secondary N) is 1. The average molecular weight is 369 g/mol. The van der Waals surface area contributed by atoms with E-state index in [1.54, 1.807) is 12.1 Å². The topological polar surface area (TPSA) is 12.0 Å². The lowest BCUT2D eigenvalue weighted by molar-refractivity contribution is 0.403. The van der Waals surface area contributed by atoms with Gasteiger partial charge in [0.25, 0.3) is 0 Å². The molecule has 1 heterocycles. The highest BCUT2D eigenvalue weighted by atomic mass is 79.9. The van der Waals surface area contributed by atoms with Gasteiger partial charge in [0.2, 0.25) is 0 Å². The lowest BCUT2D eigenvalue weighted by Gasteiger charge is -2.33. The summed E-state index contributed by atoms with van der Waals surface area (Å²) < 4.78 is 14.8. The molecule has 4 heteroatoms. The van der Waals surface area contributed by atoms with E-state index in [-0.39, 0.29) is 10.8 Å². The fourth-order valence-corrected chi connectivity index (χ4v) is 3.62. The zero-order valence-corrected chi connectivity index (χ0v) is 13.8. The van der Waals surface area contributed by atoms with Gasteiger partial charge in [-0.05, 0) is 54.3 Å². The first-order valence-corrected chi connectivity index (χ1v) is 8.23. The summed E-state index contributed by atoms with van der Waals surface area (Å²) in [5.41, 5.74) is 2.31. The SMILES string of the molecule is Fc1cc(C2CCNCC2c2cccc(Br)c2)ccc1Cl. The maximum absolute atomic E-state index is 13.8. The lowest BCUT2D eigenvalue weighted by Crippen LogP contribution is -2.34. The second-order valence-electron chi connectivity index (χ2n) is 5.43. The highest BCUT2D eigenvalue weighted by Gasteiger charge is 2.28. The molecule has 2 unspecified atom stereocenters. The minimum Gasteiger partial charge on any atom is -0.316 e. The Balaban J connectivity index is 1.96. The lowest BCUT2D eigenvalue weighted by atomic mass is 9.77. The highest BCUT2D eigenvalue weighted by Crippen LogP contribution is 2.38. The summed E-state index contributed by atoms with van der Waals surface area (Å²) in [6.07, 6.45) is 0.998. The molecule has 0 aromatic heterocycles. The predicted molar refractivity (Wildman–Crippen MR) is 88.5 cm³/mol. The van der Waals surface area contributed by atoms with E-state index in [4.69, 9.17) is 11.6 Å². The van der Waals surface area contributed by atoms with Crippen LogP contribution in [0.3, 0.4) is 0 Å². The monoisotopic (exact) mass is 367 g/mol. The summed E-state index contributed by atoms with van der Waals surface area (Å²) in [7, 11) is 0. The molecule has 1 fully saturated rings. The van der Waals surface area contributed by atoms with E-state index in [0.717, 1.165) is 29.5 Å². The molecule has 0 saturated carbocycles. The Hall–Kier alpha value is -0.900. The summed E-state index contributed by atoms with van der Waals surface area (Å²) in [5.74, 6) is 0.324. The molecular formula is C17H16BrClFN. The van der Waals surface area contributed by atoms with E-state index in [2.05, 4.69) is 33.4 Å². The Morgan fingerprint density at radius 2 is 1.90 bits per heavy atom.